The molecule has 1 aromatic rings. The predicted molar refractivity (Wildman–Crippen MR) is 39.2 cm³/mol. The molecule has 1 heterocycles. The van der Waals surface area contributed by atoms with Crippen LogP contribution in [0.25, 0.3) is 0 Å². The van der Waals surface area contributed by atoms with Gasteiger partial charge in [0, 0.05) is 11.8 Å². The van der Waals surface area contributed by atoms with Gasteiger partial charge >= 0.3 is 12.1 Å². The SMILES string of the molecule is FC(F)n1n[c]c(Cl)c1SC(F)(F)F. The Hall–Kier alpha value is -0.500. The molecule has 0 N–H and O–H groups in total. The molecule has 0 spiro atoms. The van der Waals surface area contributed by atoms with Crippen molar-refractivity contribution >= 4 is 23.4 Å². The highest BCUT2D eigenvalue weighted by Gasteiger charge is 2.34. The first-order valence-corrected chi connectivity index (χ1v) is 4.20. The van der Waals surface area contributed by atoms with Gasteiger partial charge in [-0.15, -0.1) is 0 Å². The summed E-state index contributed by atoms with van der Waals surface area (Å²) in [5.41, 5.74) is -4.69. The second-order valence-corrected chi connectivity index (χ2v) is 3.43. The monoisotopic (exact) mass is 251 g/mol. The van der Waals surface area contributed by atoms with Crippen molar-refractivity contribution in [2.24, 2.45) is 0 Å². The van der Waals surface area contributed by atoms with Crippen molar-refractivity contribution in [2.75, 3.05) is 0 Å². The Bertz CT molecular complexity index is 322. The summed E-state index contributed by atoms with van der Waals surface area (Å²) in [6.07, 6.45) is 1.82. The summed E-state index contributed by atoms with van der Waals surface area (Å²) < 4.78 is 59.5. The molecule has 9 heteroatoms. The Labute approximate surface area is 84.0 Å². The van der Waals surface area contributed by atoms with Crippen molar-refractivity contribution in [2.45, 2.75) is 17.1 Å². The molecule has 0 amide bonds. The lowest BCUT2D eigenvalue weighted by Gasteiger charge is -2.07. The molecular weight excluding hydrogens is 251 g/mol. The molecule has 0 aliphatic heterocycles. The first-order valence-electron chi connectivity index (χ1n) is 3.01. The third-order valence-electron chi connectivity index (χ3n) is 1.05. The van der Waals surface area contributed by atoms with E-state index in [4.69, 9.17) is 11.6 Å². The van der Waals surface area contributed by atoms with E-state index in [1.54, 1.807) is 0 Å². The lowest BCUT2D eigenvalue weighted by Crippen LogP contribution is -2.06. The summed E-state index contributed by atoms with van der Waals surface area (Å²) in [6, 6.07) is 0. The zero-order valence-electron chi connectivity index (χ0n) is 6.15. The Kier molecular flexibility index (Phi) is 3.25. The third kappa shape index (κ3) is 2.74. The molecule has 1 radical (unpaired) electrons. The fourth-order valence-electron chi connectivity index (χ4n) is 0.625. The van der Waals surface area contributed by atoms with Gasteiger partial charge in [-0.3, -0.25) is 0 Å². The van der Waals surface area contributed by atoms with Crippen molar-refractivity contribution in [3.63, 3.8) is 0 Å². The number of alkyl halides is 5. The van der Waals surface area contributed by atoms with E-state index in [2.05, 4.69) is 5.10 Å². The molecule has 0 saturated carbocycles. The third-order valence-corrected chi connectivity index (χ3v) is 2.24. The van der Waals surface area contributed by atoms with E-state index in [0.717, 1.165) is 0 Å². The second kappa shape index (κ2) is 3.93. The van der Waals surface area contributed by atoms with Gasteiger partial charge in [-0.25, -0.2) is 0 Å². The lowest BCUT2D eigenvalue weighted by molar-refractivity contribution is -0.0336. The van der Waals surface area contributed by atoms with Gasteiger partial charge in [0.1, 0.15) is 16.2 Å². The van der Waals surface area contributed by atoms with Gasteiger partial charge in [0.25, 0.3) is 0 Å². The van der Waals surface area contributed by atoms with Crippen molar-refractivity contribution in [3.05, 3.63) is 11.2 Å². The van der Waals surface area contributed by atoms with Crippen LogP contribution in [0, 0.1) is 6.20 Å². The van der Waals surface area contributed by atoms with Crippen LogP contribution in [0.5, 0.6) is 0 Å². The van der Waals surface area contributed by atoms with E-state index in [0.29, 0.717) is 0 Å². The van der Waals surface area contributed by atoms with Crippen LogP contribution in [0.15, 0.2) is 5.03 Å². The van der Waals surface area contributed by atoms with Gasteiger partial charge < -0.3 is 0 Å². The van der Waals surface area contributed by atoms with Gasteiger partial charge in [-0.1, -0.05) is 11.6 Å². The average Bonchev–Trinajstić information content (AvgIpc) is 2.29. The van der Waals surface area contributed by atoms with Gasteiger partial charge in [-0.2, -0.15) is 31.7 Å². The first-order chi connectivity index (χ1) is 6.31. The minimum atomic E-state index is -4.69. The maximum Gasteiger partial charge on any atom is 0.447 e. The molecule has 14 heavy (non-hydrogen) atoms. The molecule has 2 nitrogen and oxygen atoms in total. The molecule has 0 unspecified atom stereocenters. The number of aromatic nitrogens is 2. The van der Waals surface area contributed by atoms with Gasteiger partial charge in [-0.05, 0) is 0 Å². The molecule has 0 fully saturated rings. The van der Waals surface area contributed by atoms with E-state index < -0.39 is 33.9 Å². The number of halogens is 6. The Morgan fingerprint density at radius 3 is 2.43 bits per heavy atom. The number of nitrogens with zero attached hydrogens (tertiary/aromatic N) is 2. The minimum absolute atomic E-state index is 0.138. The molecule has 0 saturated heterocycles. The molecule has 0 aromatic carbocycles. The molecule has 1 aromatic heterocycles. The summed E-state index contributed by atoms with van der Waals surface area (Å²) in [5.74, 6) is 0. The molecular formula is C5HClF5N2S. The largest absolute Gasteiger partial charge is 0.447 e. The first kappa shape index (κ1) is 11.6. The smallest absolute Gasteiger partial charge is 0.195 e. The lowest BCUT2D eigenvalue weighted by atomic mass is 10.7. The zero-order chi connectivity index (χ0) is 10.9. The van der Waals surface area contributed by atoms with Crippen molar-refractivity contribution in [1.29, 1.82) is 0 Å². The Morgan fingerprint density at radius 2 is 2.00 bits per heavy atom. The van der Waals surface area contributed by atoms with Crippen molar-refractivity contribution in [3.8, 4) is 0 Å². The Morgan fingerprint density at radius 1 is 1.43 bits per heavy atom. The molecule has 1 rings (SSSR count). The number of hydrogen-bond donors (Lipinski definition) is 0. The van der Waals surface area contributed by atoms with Crippen LogP contribution >= 0.6 is 23.4 Å². The summed E-state index contributed by atoms with van der Waals surface area (Å²) in [4.78, 5) is 0. The highest BCUT2D eigenvalue weighted by atomic mass is 35.5. The maximum atomic E-state index is 12.1. The van der Waals surface area contributed by atoms with Crippen LogP contribution in [0.4, 0.5) is 22.0 Å². The topological polar surface area (TPSA) is 17.8 Å². The van der Waals surface area contributed by atoms with E-state index in [-0.39, 0.29) is 4.68 Å². The van der Waals surface area contributed by atoms with Crippen LogP contribution in [0.1, 0.15) is 6.55 Å². The van der Waals surface area contributed by atoms with E-state index in [1.807, 2.05) is 6.20 Å². The summed E-state index contributed by atoms with van der Waals surface area (Å²) in [6.45, 7) is -3.18. The molecule has 0 aliphatic rings. The van der Waals surface area contributed by atoms with Crippen LogP contribution in [0.3, 0.4) is 0 Å². The van der Waals surface area contributed by atoms with Gasteiger partial charge in [0.15, 0.2) is 0 Å². The predicted octanol–water partition coefficient (Wildman–Crippen LogP) is 3.34. The van der Waals surface area contributed by atoms with Crippen LogP contribution in [-0.2, 0) is 0 Å². The number of hydrogen-bond acceptors (Lipinski definition) is 2. The highest BCUT2D eigenvalue weighted by molar-refractivity contribution is 8.00. The quantitative estimate of drug-likeness (QED) is 0.593. The van der Waals surface area contributed by atoms with Crippen molar-refractivity contribution in [1.82, 2.24) is 9.78 Å². The fraction of sp³-hybridized carbons (Fsp3) is 0.400. The average molecular weight is 252 g/mol. The zero-order valence-corrected chi connectivity index (χ0v) is 7.72. The Balaban J connectivity index is 3.00. The second-order valence-electron chi connectivity index (χ2n) is 2.00. The molecule has 0 aliphatic carbocycles. The summed E-state index contributed by atoms with van der Waals surface area (Å²) in [5, 5.41) is 1.45. The minimum Gasteiger partial charge on any atom is -0.195 e. The standard InChI is InChI=1S/C5HClF5N2S/c6-2-1-12-13(4(7)8)3(2)14-5(9,10)11/h4H. The normalized spacial score (nSPS) is 12.5. The number of rotatable bonds is 2. The van der Waals surface area contributed by atoms with Gasteiger partial charge in [0.05, 0.1) is 0 Å². The van der Waals surface area contributed by atoms with Gasteiger partial charge in [0.2, 0.25) is 0 Å². The van der Waals surface area contributed by atoms with Crippen LogP contribution in [0.2, 0.25) is 5.02 Å². The number of thioether (sulfide) groups is 1. The van der Waals surface area contributed by atoms with E-state index >= 15 is 0 Å². The van der Waals surface area contributed by atoms with E-state index in [9.17, 15) is 22.0 Å². The molecule has 79 valence electrons. The summed E-state index contributed by atoms with van der Waals surface area (Å²) >= 11 is 4.45. The molecule has 0 atom stereocenters. The van der Waals surface area contributed by atoms with Crippen LogP contribution in [-0.4, -0.2) is 15.3 Å². The van der Waals surface area contributed by atoms with Crippen LogP contribution < -0.4 is 0 Å². The highest BCUT2D eigenvalue weighted by Crippen LogP contribution is 2.41. The summed E-state index contributed by atoms with van der Waals surface area (Å²) in [7, 11) is 0. The fourth-order valence-corrected chi connectivity index (χ4v) is 1.43. The maximum absolute atomic E-state index is 12.1. The molecule has 0 bridgehead atoms. The van der Waals surface area contributed by atoms with E-state index in [1.165, 1.54) is 0 Å². The van der Waals surface area contributed by atoms with Crippen molar-refractivity contribution < 1.29 is 22.0 Å².